The van der Waals surface area contributed by atoms with Crippen molar-refractivity contribution in [3.05, 3.63) is 11.4 Å². The van der Waals surface area contributed by atoms with Crippen LogP contribution in [0.3, 0.4) is 0 Å². The molecule has 0 bridgehead atoms. The summed E-state index contributed by atoms with van der Waals surface area (Å²) in [6.07, 6.45) is 1.39. The van der Waals surface area contributed by atoms with Crippen molar-refractivity contribution in [1.29, 1.82) is 0 Å². The second-order valence-electron chi connectivity index (χ2n) is 5.86. The lowest BCUT2D eigenvalue weighted by Gasteiger charge is -2.31. The van der Waals surface area contributed by atoms with E-state index in [0.717, 1.165) is 0 Å². The average molecular weight is 343 g/mol. The van der Waals surface area contributed by atoms with Crippen LogP contribution in [0.25, 0.3) is 0 Å². The lowest BCUT2D eigenvalue weighted by Crippen LogP contribution is -2.46. The van der Waals surface area contributed by atoms with Gasteiger partial charge < -0.3 is 10.6 Å². The molecule has 1 aromatic heterocycles. The monoisotopic (exact) mass is 343 g/mol. The number of amides is 1. The van der Waals surface area contributed by atoms with E-state index >= 15 is 0 Å². The zero-order chi connectivity index (χ0) is 17.0. The Morgan fingerprint density at radius 1 is 1.39 bits per heavy atom. The molecule has 8 nitrogen and oxygen atoms in total. The molecule has 23 heavy (non-hydrogen) atoms. The van der Waals surface area contributed by atoms with Crippen LogP contribution in [0.5, 0.6) is 0 Å². The maximum absolute atomic E-state index is 12.8. The molecule has 0 aliphatic carbocycles. The highest BCUT2D eigenvalue weighted by Gasteiger charge is 2.35. The molecule has 2 rings (SSSR count). The van der Waals surface area contributed by atoms with E-state index < -0.39 is 10.0 Å². The first kappa shape index (κ1) is 17.9. The number of likely N-dealkylation sites (N-methyl/N-ethyl adjacent to an activating group) is 1. The number of nitrogens with zero attached hydrogens (tertiary/aromatic N) is 2. The third-order valence-electron chi connectivity index (χ3n) is 4.09. The van der Waals surface area contributed by atoms with Gasteiger partial charge in [-0.25, -0.2) is 8.42 Å². The molecule has 1 amide bonds. The Balaban J connectivity index is 2.10. The van der Waals surface area contributed by atoms with Gasteiger partial charge in [0.15, 0.2) is 0 Å². The van der Waals surface area contributed by atoms with Crippen LogP contribution in [-0.4, -0.2) is 62.1 Å². The molecular formula is C14H25N5O3S. The van der Waals surface area contributed by atoms with Crippen LogP contribution in [-0.2, 0) is 14.8 Å². The Bertz CT molecular complexity index is 636. The Kier molecular flexibility index (Phi) is 5.77. The number of carbonyl (C=O) groups is 1. The average Bonchev–Trinajstić information content (AvgIpc) is 2.87. The lowest BCUT2D eigenvalue weighted by atomic mass is 9.99. The van der Waals surface area contributed by atoms with E-state index in [1.54, 1.807) is 13.8 Å². The quantitative estimate of drug-likeness (QED) is 0.618. The van der Waals surface area contributed by atoms with E-state index in [0.29, 0.717) is 43.9 Å². The van der Waals surface area contributed by atoms with E-state index in [4.69, 9.17) is 0 Å². The van der Waals surface area contributed by atoms with E-state index in [1.807, 2.05) is 7.05 Å². The van der Waals surface area contributed by atoms with Crippen LogP contribution in [0.4, 0.5) is 0 Å². The van der Waals surface area contributed by atoms with Crippen LogP contribution in [0, 0.1) is 19.8 Å². The van der Waals surface area contributed by atoms with Crippen molar-refractivity contribution in [1.82, 2.24) is 25.1 Å². The minimum Gasteiger partial charge on any atom is -0.355 e. The van der Waals surface area contributed by atoms with E-state index in [-0.39, 0.29) is 23.3 Å². The van der Waals surface area contributed by atoms with Crippen LogP contribution < -0.4 is 10.6 Å². The highest BCUT2D eigenvalue weighted by molar-refractivity contribution is 7.89. The van der Waals surface area contributed by atoms with Crippen molar-refractivity contribution in [2.45, 2.75) is 31.6 Å². The van der Waals surface area contributed by atoms with Crippen molar-refractivity contribution in [3.8, 4) is 0 Å². The van der Waals surface area contributed by atoms with Gasteiger partial charge >= 0.3 is 0 Å². The number of piperidine rings is 1. The van der Waals surface area contributed by atoms with Gasteiger partial charge in [-0.3, -0.25) is 9.89 Å². The first-order valence-corrected chi connectivity index (χ1v) is 9.26. The van der Waals surface area contributed by atoms with Gasteiger partial charge in [0, 0.05) is 26.2 Å². The lowest BCUT2D eigenvalue weighted by molar-refractivity contribution is -0.126. The number of rotatable bonds is 6. The molecule has 1 fully saturated rings. The smallest absolute Gasteiger partial charge is 0.246 e. The van der Waals surface area contributed by atoms with Gasteiger partial charge in [0.1, 0.15) is 4.90 Å². The molecule has 1 saturated heterocycles. The number of aromatic amines is 1. The molecule has 130 valence electrons. The second-order valence-corrected chi connectivity index (χ2v) is 7.73. The molecule has 1 atom stereocenters. The summed E-state index contributed by atoms with van der Waals surface area (Å²) in [6.45, 7) is 5.25. The fraction of sp³-hybridized carbons (Fsp3) is 0.714. The normalized spacial score (nSPS) is 19.7. The van der Waals surface area contributed by atoms with Crippen molar-refractivity contribution in [2.75, 3.05) is 33.2 Å². The highest BCUT2D eigenvalue weighted by atomic mass is 32.2. The molecule has 1 aliphatic rings. The molecule has 1 aromatic rings. The maximum atomic E-state index is 12.8. The van der Waals surface area contributed by atoms with Gasteiger partial charge in [-0.15, -0.1) is 0 Å². The van der Waals surface area contributed by atoms with E-state index in [1.165, 1.54) is 4.31 Å². The number of hydrogen-bond donors (Lipinski definition) is 3. The maximum Gasteiger partial charge on any atom is 0.246 e. The van der Waals surface area contributed by atoms with Crippen LogP contribution >= 0.6 is 0 Å². The third kappa shape index (κ3) is 3.91. The number of carbonyl (C=O) groups excluding carboxylic acids is 1. The summed E-state index contributed by atoms with van der Waals surface area (Å²) in [6, 6.07) is 0. The summed E-state index contributed by atoms with van der Waals surface area (Å²) in [7, 11) is -1.81. The van der Waals surface area contributed by atoms with Gasteiger partial charge in [0.2, 0.25) is 15.9 Å². The molecular weight excluding hydrogens is 318 g/mol. The Labute approximate surface area is 137 Å². The van der Waals surface area contributed by atoms with Gasteiger partial charge in [-0.05, 0) is 33.7 Å². The zero-order valence-corrected chi connectivity index (χ0v) is 14.7. The van der Waals surface area contributed by atoms with E-state index in [2.05, 4.69) is 20.8 Å². The number of nitrogens with one attached hydrogen (secondary N) is 3. The van der Waals surface area contributed by atoms with Crippen LogP contribution in [0.1, 0.15) is 24.2 Å². The van der Waals surface area contributed by atoms with E-state index in [9.17, 15) is 13.2 Å². The minimum atomic E-state index is -3.62. The van der Waals surface area contributed by atoms with Crippen molar-refractivity contribution in [3.63, 3.8) is 0 Å². The molecule has 1 unspecified atom stereocenters. The summed E-state index contributed by atoms with van der Waals surface area (Å²) >= 11 is 0. The van der Waals surface area contributed by atoms with Crippen LogP contribution in [0.2, 0.25) is 0 Å². The molecule has 3 N–H and O–H groups in total. The Morgan fingerprint density at radius 3 is 2.74 bits per heavy atom. The van der Waals surface area contributed by atoms with Crippen molar-refractivity contribution in [2.24, 2.45) is 5.92 Å². The Morgan fingerprint density at radius 2 is 2.13 bits per heavy atom. The van der Waals surface area contributed by atoms with Crippen molar-refractivity contribution >= 4 is 15.9 Å². The molecule has 9 heteroatoms. The standard InChI is InChI=1S/C14H25N5O3S/c1-10-13(11(2)18-17-10)23(21,22)19-8-4-5-12(9-19)14(20)16-7-6-15-3/h12,15H,4-9H2,1-3H3,(H,16,20)(H,17,18). The number of sulfonamides is 1. The first-order chi connectivity index (χ1) is 10.9. The summed E-state index contributed by atoms with van der Waals surface area (Å²) in [5.74, 6) is -0.385. The summed E-state index contributed by atoms with van der Waals surface area (Å²) in [4.78, 5) is 12.4. The molecule has 0 spiro atoms. The second kappa shape index (κ2) is 7.41. The van der Waals surface area contributed by atoms with Gasteiger partial charge in [0.25, 0.3) is 0 Å². The molecule has 0 aromatic carbocycles. The minimum absolute atomic E-state index is 0.0826. The number of aryl methyl sites for hydroxylation is 2. The summed E-state index contributed by atoms with van der Waals surface area (Å²) < 4.78 is 27.1. The number of hydrogen-bond acceptors (Lipinski definition) is 5. The van der Waals surface area contributed by atoms with Crippen molar-refractivity contribution < 1.29 is 13.2 Å². The summed E-state index contributed by atoms with van der Waals surface area (Å²) in [5, 5.41) is 12.5. The number of H-pyrrole nitrogens is 1. The predicted octanol–water partition coefficient (Wildman–Crippen LogP) is -0.237. The first-order valence-electron chi connectivity index (χ1n) is 7.82. The highest BCUT2D eigenvalue weighted by Crippen LogP contribution is 2.26. The fourth-order valence-corrected chi connectivity index (χ4v) is 4.73. The fourth-order valence-electron chi connectivity index (χ4n) is 2.88. The van der Waals surface area contributed by atoms with Gasteiger partial charge in [-0.1, -0.05) is 0 Å². The number of aromatic nitrogens is 2. The predicted molar refractivity (Wildman–Crippen MR) is 86.5 cm³/mol. The molecule has 1 aliphatic heterocycles. The largest absolute Gasteiger partial charge is 0.355 e. The molecule has 0 radical (unpaired) electrons. The molecule has 2 heterocycles. The van der Waals surface area contributed by atoms with Gasteiger partial charge in [-0.2, -0.15) is 9.40 Å². The third-order valence-corrected chi connectivity index (χ3v) is 6.22. The summed E-state index contributed by atoms with van der Waals surface area (Å²) in [5.41, 5.74) is 0.992. The Hall–Kier alpha value is -1.45. The SMILES string of the molecule is CNCCNC(=O)C1CCCN(S(=O)(=O)c2c(C)n[nH]c2C)C1. The topological polar surface area (TPSA) is 107 Å². The zero-order valence-electron chi connectivity index (χ0n) is 13.8. The molecule has 0 saturated carbocycles. The van der Waals surface area contributed by atoms with Crippen LogP contribution in [0.15, 0.2) is 4.90 Å². The van der Waals surface area contributed by atoms with Gasteiger partial charge in [0.05, 0.1) is 17.3 Å².